The van der Waals surface area contributed by atoms with E-state index in [0.29, 0.717) is 6.04 Å². The molecule has 1 unspecified atom stereocenters. The molecule has 1 rings (SSSR count). The standard InChI is InChI=1S/C13H21NS/c1-5-11-7-8-13(15-11)12(14-6-2)9-10(3)4/h7-9,12,14H,5-6H2,1-4H3. The summed E-state index contributed by atoms with van der Waals surface area (Å²) in [4.78, 5) is 2.89. The summed E-state index contributed by atoms with van der Waals surface area (Å²) < 4.78 is 0. The maximum Gasteiger partial charge on any atom is 0.0603 e. The molecule has 15 heavy (non-hydrogen) atoms. The van der Waals surface area contributed by atoms with Crippen LogP contribution < -0.4 is 5.32 Å². The SMILES string of the molecule is CCNC(C=C(C)C)c1ccc(CC)s1. The third-order valence-corrected chi connectivity index (χ3v) is 3.57. The van der Waals surface area contributed by atoms with Crippen molar-refractivity contribution in [1.29, 1.82) is 0 Å². The van der Waals surface area contributed by atoms with Gasteiger partial charge in [0.25, 0.3) is 0 Å². The molecule has 0 spiro atoms. The molecule has 0 aliphatic heterocycles. The first-order valence-corrected chi connectivity index (χ1v) is 6.46. The lowest BCUT2D eigenvalue weighted by molar-refractivity contribution is 0.654. The molecule has 1 heterocycles. The first-order valence-electron chi connectivity index (χ1n) is 5.64. The van der Waals surface area contributed by atoms with Crippen LogP contribution in [-0.2, 0) is 6.42 Å². The van der Waals surface area contributed by atoms with Crippen LogP contribution in [0.15, 0.2) is 23.8 Å². The molecular weight excluding hydrogens is 202 g/mol. The number of nitrogens with one attached hydrogen (secondary N) is 1. The van der Waals surface area contributed by atoms with Gasteiger partial charge in [0.1, 0.15) is 0 Å². The van der Waals surface area contributed by atoms with Crippen molar-refractivity contribution in [3.63, 3.8) is 0 Å². The Morgan fingerprint density at radius 3 is 2.60 bits per heavy atom. The van der Waals surface area contributed by atoms with E-state index >= 15 is 0 Å². The summed E-state index contributed by atoms with van der Waals surface area (Å²) in [6, 6.07) is 4.88. The lowest BCUT2D eigenvalue weighted by Gasteiger charge is -2.12. The van der Waals surface area contributed by atoms with Gasteiger partial charge in [-0.05, 0) is 38.9 Å². The number of allylic oxidation sites excluding steroid dienone is 1. The largest absolute Gasteiger partial charge is 0.306 e. The zero-order valence-corrected chi connectivity index (χ0v) is 10.9. The topological polar surface area (TPSA) is 12.0 Å². The average Bonchev–Trinajstić information content (AvgIpc) is 2.64. The highest BCUT2D eigenvalue weighted by Gasteiger charge is 2.09. The maximum atomic E-state index is 3.50. The van der Waals surface area contributed by atoms with Crippen LogP contribution in [-0.4, -0.2) is 6.54 Å². The van der Waals surface area contributed by atoms with Gasteiger partial charge in [0.15, 0.2) is 0 Å². The van der Waals surface area contributed by atoms with Crippen molar-refractivity contribution in [1.82, 2.24) is 5.32 Å². The fourth-order valence-corrected chi connectivity index (χ4v) is 2.54. The van der Waals surface area contributed by atoms with Gasteiger partial charge in [-0.1, -0.05) is 25.5 Å². The van der Waals surface area contributed by atoms with Crippen molar-refractivity contribution in [3.05, 3.63) is 33.5 Å². The molecule has 1 nitrogen and oxygen atoms in total. The van der Waals surface area contributed by atoms with Gasteiger partial charge in [-0.15, -0.1) is 11.3 Å². The summed E-state index contributed by atoms with van der Waals surface area (Å²) in [5.41, 5.74) is 1.37. The predicted molar refractivity (Wildman–Crippen MR) is 69.5 cm³/mol. The summed E-state index contributed by atoms with van der Waals surface area (Å²) >= 11 is 1.92. The van der Waals surface area contributed by atoms with E-state index in [2.05, 4.69) is 51.2 Å². The molecule has 0 fully saturated rings. The third-order valence-electron chi connectivity index (χ3n) is 2.26. The van der Waals surface area contributed by atoms with Gasteiger partial charge in [-0.25, -0.2) is 0 Å². The molecule has 1 aromatic heterocycles. The summed E-state index contributed by atoms with van der Waals surface area (Å²) in [6.45, 7) is 9.67. The molecule has 0 amide bonds. The van der Waals surface area contributed by atoms with Crippen molar-refractivity contribution in [2.75, 3.05) is 6.54 Å². The summed E-state index contributed by atoms with van der Waals surface area (Å²) in [6.07, 6.45) is 3.44. The Hall–Kier alpha value is -0.600. The maximum absolute atomic E-state index is 3.50. The van der Waals surface area contributed by atoms with E-state index < -0.39 is 0 Å². The van der Waals surface area contributed by atoms with Crippen molar-refractivity contribution in [3.8, 4) is 0 Å². The van der Waals surface area contributed by atoms with E-state index in [-0.39, 0.29) is 0 Å². The highest BCUT2D eigenvalue weighted by atomic mass is 32.1. The second-order valence-corrected chi connectivity index (χ2v) is 5.14. The smallest absolute Gasteiger partial charge is 0.0603 e. The van der Waals surface area contributed by atoms with E-state index in [4.69, 9.17) is 0 Å². The second kappa shape index (κ2) is 6.09. The lowest BCUT2D eigenvalue weighted by Crippen LogP contribution is -2.18. The van der Waals surface area contributed by atoms with Gasteiger partial charge in [0, 0.05) is 9.75 Å². The Morgan fingerprint density at radius 2 is 2.13 bits per heavy atom. The molecule has 0 aliphatic rings. The normalized spacial score (nSPS) is 12.5. The molecule has 0 bridgehead atoms. The number of aryl methyl sites for hydroxylation is 1. The Kier molecular flexibility index (Phi) is 5.06. The zero-order chi connectivity index (χ0) is 11.3. The van der Waals surface area contributed by atoms with E-state index in [1.807, 2.05) is 11.3 Å². The molecule has 0 aromatic carbocycles. The van der Waals surface area contributed by atoms with Gasteiger partial charge in [0.05, 0.1) is 6.04 Å². The minimum absolute atomic E-state index is 0.394. The van der Waals surface area contributed by atoms with Crippen molar-refractivity contribution >= 4 is 11.3 Å². The quantitative estimate of drug-likeness (QED) is 0.746. The monoisotopic (exact) mass is 223 g/mol. The molecule has 0 saturated heterocycles. The molecule has 2 heteroatoms. The van der Waals surface area contributed by atoms with Crippen LogP contribution in [0.5, 0.6) is 0 Å². The minimum Gasteiger partial charge on any atom is -0.306 e. The van der Waals surface area contributed by atoms with Crippen molar-refractivity contribution in [2.24, 2.45) is 0 Å². The Bertz CT molecular complexity index is 321. The highest BCUT2D eigenvalue weighted by molar-refractivity contribution is 7.12. The molecule has 1 atom stereocenters. The molecule has 1 aromatic rings. The van der Waals surface area contributed by atoms with Crippen LogP contribution >= 0.6 is 11.3 Å². The summed E-state index contributed by atoms with van der Waals surface area (Å²) in [5.74, 6) is 0. The van der Waals surface area contributed by atoms with Crippen LogP contribution in [0.4, 0.5) is 0 Å². The fourth-order valence-electron chi connectivity index (χ4n) is 1.55. The van der Waals surface area contributed by atoms with Crippen LogP contribution in [0.1, 0.15) is 43.5 Å². The average molecular weight is 223 g/mol. The number of likely N-dealkylation sites (N-methyl/N-ethyl adjacent to an activating group) is 1. The summed E-state index contributed by atoms with van der Waals surface area (Å²) in [7, 11) is 0. The van der Waals surface area contributed by atoms with Gasteiger partial charge < -0.3 is 5.32 Å². The zero-order valence-electron chi connectivity index (χ0n) is 10.1. The minimum atomic E-state index is 0.394. The molecule has 0 radical (unpaired) electrons. The van der Waals surface area contributed by atoms with Crippen LogP contribution in [0, 0.1) is 0 Å². The van der Waals surface area contributed by atoms with Gasteiger partial charge in [-0.3, -0.25) is 0 Å². The van der Waals surface area contributed by atoms with Gasteiger partial charge >= 0.3 is 0 Å². The van der Waals surface area contributed by atoms with E-state index in [0.717, 1.165) is 13.0 Å². The second-order valence-electron chi connectivity index (χ2n) is 3.94. The molecular formula is C13H21NS. The van der Waals surface area contributed by atoms with Crippen LogP contribution in [0.2, 0.25) is 0 Å². The van der Waals surface area contributed by atoms with E-state index in [9.17, 15) is 0 Å². The third kappa shape index (κ3) is 3.80. The molecule has 1 N–H and O–H groups in total. The van der Waals surface area contributed by atoms with Gasteiger partial charge in [-0.2, -0.15) is 0 Å². The number of rotatable bonds is 5. The highest BCUT2D eigenvalue weighted by Crippen LogP contribution is 2.25. The van der Waals surface area contributed by atoms with Crippen LogP contribution in [0.3, 0.4) is 0 Å². The van der Waals surface area contributed by atoms with Crippen molar-refractivity contribution in [2.45, 2.75) is 40.2 Å². The number of hydrogen-bond donors (Lipinski definition) is 1. The molecule has 84 valence electrons. The first-order chi connectivity index (χ1) is 7.17. The van der Waals surface area contributed by atoms with E-state index in [1.54, 1.807) is 0 Å². The Labute approximate surface area is 97.2 Å². The lowest BCUT2D eigenvalue weighted by atomic mass is 10.1. The Balaban J connectivity index is 2.83. The first kappa shape index (κ1) is 12.5. The Morgan fingerprint density at radius 1 is 1.40 bits per heavy atom. The fraction of sp³-hybridized carbons (Fsp3) is 0.538. The van der Waals surface area contributed by atoms with E-state index in [1.165, 1.54) is 15.3 Å². The molecule has 0 aliphatic carbocycles. The number of thiophene rings is 1. The van der Waals surface area contributed by atoms with Gasteiger partial charge in [0.2, 0.25) is 0 Å². The van der Waals surface area contributed by atoms with Crippen LogP contribution in [0.25, 0.3) is 0 Å². The molecule has 0 saturated carbocycles. The summed E-state index contributed by atoms with van der Waals surface area (Å²) in [5, 5.41) is 3.50. The predicted octanol–water partition coefficient (Wildman–Crippen LogP) is 3.93. The number of hydrogen-bond acceptors (Lipinski definition) is 2. The van der Waals surface area contributed by atoms with Crippen molar-refractivity contribution < 1.29 is 0 Å².